The number of anilines is 2. The molecule has 1 saturated heterocycles. The predicted molar refractivity (Wildman–Crippen MR) is 137 cm³/mol. The van der Waals surface area contributed by atoms with Crippen LogP contribution in [-0.4, -0.2) is 57.5 Å². The number of hydrogen-bond donors (Lipinski definition) is 1. The van der Waals surface area contributed by atoms with Crippen molar-refractivity contribution in [3.05, 3.63) is 96.7 Å². The number of piperazine rings is 1. The monoisotopic (exact) mass is 492 g/mol. The average Bonchev–Trinajstić information content (AvgIpc) is 2.88. The van der Waals surface area contributed by atoms with E-state index < -0.39 is 22.0 Å². The number of non-ortho nitro benzene ring substituents is 1. The summed E-state index contributed by atoms with van der Waals surface area (Å²) in [6.07, 6.45) is 0. The van der Waals surface area contributed by atoms with Crippen molar-refractivity contribution in [3.63, 3.8) is 0 Å². The molecule has 4 rings (SSSR count). The molecule has 36 heavy (non-hydrogen) atoms. The highest BCUT2D eigenvalue weighted by molar-refractivity contribution is 6.01. The Hall–Kier alpha value is -4.25. The lowest BCUT2D eigenvalue weighted by Crippen LogP contribution is -2.49. The number of carbonyl (C=O) groups is 1. The van der Waals surface area contributed by atoms with Gasteiger partial charge in [0.2, 0.25) is 0 Å². The molecule has 2 N–H and O–H groups in total. The van der Waals surface area contributed by atoms with Gasteiger partial charge < -0.3 is 10.6 Å². The number of nitro benzene ring substituents is 1. The Morgan fingerprint density at radius 3 is 2.19 bits per heavy atom. The third-order valence-electron chi connectivity index (χ3n) is 6.41. The third-order valence-corrected chi connectivity index (χ3v) is 6.41. The van der Waals surface area contributed by atoms with Gasteiger partial charge in [0.1, 0.15) is 11.4 Å². The minimum atomic E-state index is -0.668. The molecular formula is C25H28N6O5. The highest BCUT2D eigenvalue weighted by Crippen LogP contribution is 2.21. The van der Waals surface area contributed by atoms with Crippen LogP contribution in [0.25, 0.3) is 0 Å². The molecule has 1 aliphatic rings. The Balaban J connectivity index is 1.50. The fourth-order valence-corrected chi connectivity index (χ4v) is 4.41. The van der Waals surface area contributed by atoms with Crippen LogP contribution >= 0.6 is 0 Å². The molecule has 0 spiro atoms. The van der Waals surface area contributed by atoms with Gasteiger partial charge in [-0.3, -0.25) is 33.7 Å². The van der Waals surface area contributed by atoms with Crippen molar-refractivity contribution in [2.45, 2.75) is 20.0 Å². The Morgan fingerprint density at radius 2 is 1.61 bits per heavy atom. The summed E-state index contributed by atoms with van der Waals surface area (Å²) >= 11 is 0. The maximum Gasteiger partial charge on any atom is 0.332 e. The number of aromatic nitrogens is 2. The van der Waals surface area contributed by atoms with Crippen molar-refractivity contribution >= 4 is 23.0 Å². The van der Waals surface area contributed by atoms with Crippen LogP contribution in [0.2, 0.25) is 0 Å². The Labute approximate surface area is 207 Å². The summed E-state index contributed by atoms with van der Waals surface area (Å²) in [7, 11) is 0. The normalized spacial score (nSPS) is 14.1. The lowest BCUT2D eigenvalue weighted by atomic mass is 10.1. The summed E-state index contributed by atoms with van der Waals surface area (Å²) in [6, 6.07) is 15.6. The van der Waals surface area contributed by atoms with Gasteiger partial charge in [0.05, 0.1) is 18.0 Å². The van der Waals surface area contributed by atoms with Gasteiger partial charge in [0.15, 0.2) is 5.78 Å². The van der Waals surface area contributed by atoms with Crippen molar-refractivity contribution in [1.82, 2.24) is 14.0 Å². The lowest BCUT2D eigenvalue weighted by molar-refractivity contribution is -0.384. The van der Waals surface area contributed by atoms with E-state index in [1.165, 1.54) is 16.7 Å². The van der Waals surface area contributed by atoms with E-state index in [4.69, 9.17) is 5.73 Å². The summed E-state index contributed by atoms with van der Waals surface area (Å²) in [6.45, 7) is 4.32. The van der Waals surface area contributed by atoms with E-state index in [2.05, 4.69) is 4.90 Å². The zero-order valence-electron chi connectivity index (χ0n) is 20.0. The van der Waals surface area contributed by atoms with E-state index >= 15 is 0 Å². The van der Waals surface area contributed by atoms with Crippen LogP contribution in [0.4, 0.5) is 17.2 Å². The molecule has 2 aromatic carbocycles. The van der Waals surface area contributed by atoms with Gasteiger partial charge in [-0.15, -0.1) is 0 Å². The number of nitrogens with zero attached hydrogens (tertiary/aromatic N) is 5. The Kier molecular flexibility index (Phi) is 7.30. The topological polar surface area (TPSA) is 137 Å². The second-order valence-electron chi connectivity index (χ2n) is 8.62. The number of benzene rings is 2. The highest BCUT2D eigenvalue weighted by atomic mass is 16.6. The first-order chi connectivity index (χ1) is 17.3. The first kappa shape index (κ1) is 24.9. The van der Waals surface area contributed by atoms with Gasteiger partial charge >= 0.3 is 5.69 Å². The zero-order chi connectivity index (χ0) is 25.8. The van der Waals surface area contributed by atoms with Crippen molar-refractivity contribution in [1.29, 1.82) is 0 Å². The standard InChI is InChI=1S/C25H28N6O5/c1-2-29-24(33)22(23(26)30(25(29)34)16-18-6-4-3-5-7-18)21(32)17-27-12-14-28(15-13-27)19-8-10-20(11-9-19)31(35)36/h3-11H,2,12-17,26H2,1H3. The molecular weight excluding hydrogens is 464 g/mol. The summed E-state index contributed by atoms with van der Waals surface area (Å²) in [5.74, 6) is -0.543. The predicted octanol–water partition coefficient (Wildman–Crippen LogP) is 1.57. The van der Waals surface area contributed by atoms with Crippen LogP contribution in [0.3, 0.4) is 0 Å². The van der Waals surface area contributed by atoms with Crippen LogP contribution in [0.5, 0.6) is 0 Å². The van der Waals surface area contributed by atoms with Gasteiger partial charge in [-0.2, -0.15) is 0 Å². The van der Waals surface area contributed by atoms with Crippen LogP contribution in [-0.2, 0) is 13.1 Å². The molecule has 1 aliphatic heterocycles. The van der Waals surface area contributed by atoms with Crippen molar-refractivity contribution < 1.29 is 9.72 Å². The smallest absolute Gasteiger partial charge is 0.332 e. The molecule has 0 bridgehead atoms. The zero-order valence-corrected chi connectivity index (χ0v) is 20.0. The molecule has 0 aliphatic carbocycles. The quantitative estimate of drug-likeness (QED) is 0.284. The van der Waals surface area contributed by atoms with Crippen LogP contribution in [0.15, 0.2) is 64.2 Å². The largest absolute Gasteiger partial charge is 0.384 e. The average molecular weight is 493 g/mol. The number of nitrogens with two attached hydrogens (primary N) is 1. The number of nitro groups is 1. The number of rotatable bonds is 8. The maximum absolute atomic E-state index is 13.3. The Bertz CT molecular complexity index is 1370. The summed E-state index contributed by atoms with van der Waals surface area (Å²) < 4.78 is 2.32. The fourth-order valence-electron chi connectivity index (χ4n) is 4.41. The molecule has 0 saturated carbocycles. The van der Waals surface area contributed by atoms with Crippen molar-refractivity contribution in [3.8, 4) is 0 Å². The van der Waals surface area contributed by atoms with Gasteiger partial charge in [0.25, 0.3) is 11.2 Å². The van der Waals surface area contributed by atoms with Gasteiger partial charge in [-0.25, -0.2) is 4.79 Å². The molecule has 11 nitrogen and oxygen atoms in total. The minimum absolute atomic E-state index is 0.000790. The van der Waals surface area contributed by atoms with E-state index in [9.17, 15) is 24.5 Å². The molecule has 0 unspecified atom stereocenters. The second kappa shape index (κ2) is 10.6. The third kappa shape index (κ3) is 5.05. The minimum Gasteiger partial charge on any atom is -0.384 e. The number of hydrogen-bond acceptors (Lipinski definition) is 8. The van der Waals surface area contributed by atoms with Gasteiger partial charge in [-0.1, -0.05) is 30.3 Å². The molecule has 2 heterocycles. The van der Waals surface area contributed by atoms with Gasteiger partial charge in [-0.05, 0) is 24.6 Å². The van der Waals surface area contributed by atoms with E-state index in [1.807, 2.05) is 35.2 Å². The number of ketones is 1. The molecule has 3 aromatic rings. The maximum atomic E-state index is 13.3. The first-order valence-corrected chi connectivity index (χ1v) is 11.7. The Morgan fingerprint density at radius 1 is 0.972 bits per heavy atom. The van der Waals surface area contributed by atoms with E-state index in [0.717, 1.165) is 15.8 Å². The molecule has 188 valence electrons. The van der Waals surface area contributed by atoms with Crippen LogP contribution < -0.4 is 21.9 Å². The molecule has 11 heteroatoms. The molecule has 0 radical (unpaired) electrons. The summed E-state index contributed by atoms with van der Waals surface area (Å²) in [5.41, 5.74) is 6.61. The fraction of sp³-hybridized carbons (Fsp3) is 0.320. The van der Waals surface area contributed by atoms with Gasteiger partial charge in [0, 0.05) is 50.5 Å². The van der Waals surface area contributed by atoms with E-state index in [-0.39, 0.29) is 36.7 Å². The number of Topliss-reactive ketones (excluding diaryl/α,β-unsaturated/α-hetero) is 1. The second-order valence-corrected chi connectivity index (χ2v) is 8.62. The molecule has 0 atom stereocenters. The SMILES string of the molecule is CCn1c(=O)c(C(=O)CN2CCN(c3ccc([N+](=O)[O-])cc3)CC2)c(N)n(Cc2ccccc2)c1=O. The summed E-state index contributed by atoms with van der Waals surface area (Å²) in [4.78, 5) is 53.7. The molecule has 1 fully saturated rings. The molecule has 0 amide bonds. The highest BCUT2D eigenvalue weighted by Gasteiger charge is 2.26. The van der Waals surface area contributed by atoms with E-state index in [0.29, 0.717) is 26.2 Å². The summed E-state index contributed by atoms with van der Waals surface area (Å²) in [5, 5.41) is 10.9. The number of carbonyl (C=O) groups excluding carboxylic acids is 1. The van der Waals surface area contributed by atoms with Crippen LogP contribution in [0.1, 0.15) is 22.8 Å². The number of nitrogen functional groups attached to an aromatic ring is 1. The van der Waals surface area contributed by atoms with Crippen molar-refractivity contribution in [2.24, 2.45) is 0 Å². The first-order valence-electron chi connectivity index (χ1n) is 11.7. The van der Waals surface area contributed by atoms with Crippen LogP contribution in [0, 0.1) is 10.1 Å². The lowest BCUT2D eigenvalue weighted by Gasteiger charge is -2.35. The molecule has 1 aromatic heterocycles. The van der Waals surface area contributed by atoms with Crippen molar-refractivity contribution in [2.75, 3.05) is 43.4 Å². The van der Waals surface area contributed by atoms with E-state index in [1.54, 1.807) is 19.1 Å².